The SMILES string of the molecule is CNc1nc(NNC(=O)OC(C)(C)C)ccc1C(F)(F)F. The minimum Gasteiger partial charge on any atom is -0.443 e. The van der Waals surface area contributed by atoms with Gasteiger partial charge in [-0.05, 0) is 32.9 Å². The molecule has 0 atom stereocenters. The van der Waals surface area contributed by atoms with Crippen molar-refractivity contribution in [3.63, 3.8) is 0 Å². The molecule has 0 aliphatic heterocycles. The van der Waals surface area contributed by atoms with Gasteiger partial charge in [0.15, 0.2) is 0 Å². The number of carbonyl (C=O) groups is 1. The highest BCUT2D eigenvalue weighted by Crippen LogP contribution is 2.34. The number of nitrogens with one attached hydrogen (secondary N) is 3. The molecule has 0 spiro atoms. The van der Waals surface area contributed by atoms with Gasteiger partial charge in [-0.2, -0.15) is 13.2 Å². The summed E-state index contributed by atoms with van der Waals surface area (Å²) in [6.07, 6.45) is -5.28. The number of hydrazine groups is 1. The first kappa shape index (κ1) is 16.9. The zero-order valence-corrected chi connectivity index (χ0v) is 12.1. The summed E-state index contributed by atoms with van der Waals surface area (Å²) in [5.41, 5.74) is 2.98. The van der Waals surface area contributed by atoms with Crippen LogP contribution in [0.3, 0.4) is 0 Å². The largest absolute Gasteiger partial charge is 0.443 e. The van der Waals surface area contributed by atoms with Crippen molar-refractivity contribution in [2.75, 3.05) is 17.8 Å². The van der Waals surface area contributed by atoms with Crippen LogP contribution in [0.1, 0.15) is 26.3 Å². The third kappa shape index (κ3) is 5.36. The fourth-order valence-corrected chi connectivity index (χ4v) is 1.37. The van der Waals surface area contributed by atoms with Crippen LogP contribution in [0, 0.1) is 0 Å². The van der Waals surface area contributed by atoms with Crippen molar-refractivity contribution in [2.24, 2.45) is 0 Å². The van der Waals surface area contributed by atoms with E-state index >= 15 is 0 Å². The standard InChI is InChI=1S/C12H17F3N4O2/c1-11(2,3)21-10(20)19-18-8-6-5-7(12(13,14)15)9(16-4)17-8/h5-6H,1-4H3,(H,19,20)(H2,16,17,18). The lowest BCUT2D eigenvalue weighted by Crippen LogP contribution is -2.36. The molecule has 0 radical (unpaired) electrons. The fourth-order valence-electron chi connectivity index (χ4n) is 1.37. The van der Waals surface area contributed by atoms with Crippen molar-refractivity contribution in [1.29, 1.82) is 0 Å². The van der Waals surface area contributed by atoms with Crippen molar-refractivity contribution < 1.29 is 22.7 Å². The van der Waals surface area contributed by atoms with Crippen LogP contribution in [-0.4, -0.2) is 23.7 Å². The Morgan fingerprint density at radius 3 is 2.33 bits per heavy atom. The van der Waals surface area contributed by atoms with E-state index in [1.54, 1.807) is 20.8 Å². The summed E-state index contributed by atoms with van der Waals surface area (Å²) in [6.45, 7) is 5.05. The average molecular weight is 306 g/mol. The lowest BCUT2D eigenvalue weighted by atomic mass is 10.2. The Morgan fingerprint density at radius 1 is 1.24 bits per heavy atom. The first-order valence-electron chi connectivity index (χ1n) is 6.04. The molecule has 0 saturated heterocycles. The van der Waals surface area contributed by atoms with Gasteiger partial charge in [-0.15, -0.1) is 0 Å². The van der Waals surface area contributed by atoms with E-state index in [2.05, 4.69) is 21.2 Å². The van der Waals surface area contributed by atoms with Gasteiger partial charge in [0.25, 0.3) is 0 Å². The molecule has 0 fully saturated rings. The monoisotopic (exact) mass is 306 g/mol. The van der Waals surface area contributed by atoms with E-state index in [0.717, 1.165) is 12.1 Å². The molecule has 1 aromatic rings. The van der Waals surface area contributed by atoms with Gasteiger partial charge in [0.1, 0.15) is 17.2 Å². The van der Waals surface area contributed by atoms with E-state index in [1.807, 2.05) is 0 Å². The number of ether oxygens (including phenoxy) is 1. The molecule has 0 aliphatic rings. The second-order valence-electron chi connectivity index (χ2n) is 5.09. The molecule has 1 amide bonds. The molecular weight excluding hydrogens is 289 g/mol. The van der Waals surface area contributed by atoms with E-state index in [0.29, 0.717) is 0 Å². The smallest absolute Gasteiger partial charge is 0.426 e. The average Bonchev–Trinajstić information content (AvgIpc) is 2.32. The summed E-state index contributed by atoms with van der Waals surface area (Å²) in [7, 11) is 1.32. The van der Waals surface area contributed by atoms with Gasteiger partial charge in [-0.3, -0.25) is 5.43 Å². The minimum atomic E-state index is -4.51. The molecule has 6 nitrogen and oxygen atoms in total. The zero-order valence-electron chi connectivity index (χ0n) is 12.1. The molecule has 1 heterocycles. The number of alkyl halides is 3. The molecule has 0 unspecified atom stereocenters. The molecule has 0 aromatic carbocycles. The summed E-state index contributed by atoms with van der Waals surface area (Å²) in [5.74, 6) is -0.309. The maximum atomic E-state index is 12.7. The van der Waals surface area contributed by atoms with E-state index in [-0.39, 0.29) is 11.6 Å². The highest BCUT2D eigenvalue weighted by atomic mass is 19.4. The first-order chi connectivity index (χ1) is 9.53. The summed E-state index contributed by atoms with van der Waals surface area (Å²) >= 11 is 0. The second-order valence-corrected chi connectivity index (χ2v) is 5.09. The quantitative estimate of drug-likeness (QED) is 0.749. The Kier molecular flexibility index (Phi) is 4.87. The van der Waals surface area contributed by atoms with E-state index in [1.165, 1.54) is 7.05 Å². The number of amides is 1. The van der Waals surface area contributed by atoms with Crippen molar-refractivity contribution >= 4 is 17.7 Å². The first-order valence-corrected chi connectivity index (χ1v) is 6.04. The molecule has 9 heteroatoms. The third-order valence-corrected chi connectivity index (χ3v) is 2.13. The molecule has 0 aliphatic carbocycles. The Bertz CT molecular complexity index is 512. The summed E-state index contributed by atoms with van der Waals surface area (Å²) in [4.78, 5) is 15.1. The molecule has 1 aromatic heterocycles. The second kappa shape index (κ2) is 6.06. The van der Waals surface area contributed by atoms with Gasteiger partial charge in [0, 0.05) is 7.05 Å². The van der Waals surface area contributed by atoms with Crippen LogP contribution in [0.4, 0.5) is 29.6 Å². The van der Waals surface area contributed by atoms with Gasteiger partial charge >= 0.3 is 12.3 Å². The van der Waals surface area contributed by atoms with Crippen LogP contribution < -0.4 is 16.2 Å². The molecule has 1 rings (SSSR count). The fraction of sp³-hybridized carbons (Fsp3) is 0.500. The highest BCUT2D eigenvalue weighted by molar-refractivity contribution is 5.69. The number of hydrogen-bond acceptors (Lipinski definition) is 5. The van der Waals surface area contributed by atoms with Crippen LogP contribution in [-0.2, 0) is 10.9 Å². The van der Waals surface area contributed by atoms with Crippen LogP contribution in [0.2, 0.25) is 0 Å². The Morgan fingerprint density at radius 2 is 1.86 bits per heavy atom. The number of anilines is 2. The number of hydrogen-bond donors (Lipinski definition) is 3. The van der Waals surface area contributed by atoms with Gasteiger partial charge in [-0.25, -0.2) is 15.2 Å². The van der Waals surface area contributed by atoms with Crippen molar-refractivity contribution in [1.82, 2.24) is 10.4 Å². The van der Waals surface area contributed by atoms with Gasteiger partial charge in [-0.1, -0.05) is 0 Å². The van der Waals surface area contributed by atoms with Crippen LogP contribution >= 0.6 is 0 Å². The summed E-state index contributed by atoms with van der Waals surface area (Å²) in [6, 6.07) is 1.96. The highest BCUT2D eigenvalue weighted by Gasteiger charge is 2.34. The Hall–Kier alpha value is -2.19. The third-order valence-electron chi connectivity index (χ3n) is 2.13. The lowest BCUT2D eigenvalue weighted by Gasteiger charge is -2.20. The predicted octanol–water partition coefficient (Wildman–Crippen LogP) is 2.99. The number of halogens is 3. The Labute approximate surface area is 120 Å². The topological polar surface area (TPSA) is 75.3 Å². The van der Waals surface area contributed by atoms with E-state index < -0.39 is 23.4 Å². The van der Waals surface area contributed by atoms with Crippen molar-refractivity contribution in [3.8, 4) is 0 Å². The maximum Gasteiger partial charge on any atom is 0.426 e. The van der Waals surface area contributed by atoms with Crippen molar-refractivity contribution in [2.45, 2.75) is 32.5 Å². The van der Waals surface area contributed by atoms with E-state index in [9.17, 15) is 18.0 Å². The van der Waals surface area contributed by atoms with Crippen molar-refractivity contribution in [3.05, 3.63) is 17.7 Å². The normalized spacial score (nSPS) is 11.8. The molecular formula is C12H17F3N4O2. The molecule has 21 heavy (non-hydrogen) atoms. The van der Waals surface area contributed by atoms with Gasteiger partial charge < -0.3 is 10.1 Å². The predicted molar refractivity (Wildman–Crippen MR) is 71.8 cm³/mol. The van der Waals surface area contributed by atoms with Gasteiger partial charge in [0.05, 0.1) is 5.56 Å². The van der Waals surface area contributed by atoms with E-state index in [4.69, 9.17) is 4.74 Å². The zero-order chi connectivity index (χ0) is 16.3. The number of pyridine rings is 1. The van der Waals surface area contributed by atoms with Crippen LogP contribution in [0.25, 0.3) is 0 Å². The van der Waals surface area contributed by atoms with Crippen LogP contribution in [0.5, 0.6) is 0 Å². The summed E-state index contributed by atoms with van der Waals surface area (Å²) in [5, 5.41) is 2.35. The number of rotatable bonds is 3. The summed E-state index contributed by atoms with van der Waals surface area (Å²) < 4.78 is 43.0. The number of carbonyl (C=O) groups excluding carboxylic acids is 1. The van der Waals surface area contributed by atoms with Crippen LogP contribution in [0.15, 0.2) is 12.1 Å². The molecule has 118 valence electrons. The van der Waals surface area contributed by atoms with Gasteiger partial charge in [0.2, 0.25) is 0 Å². The maximum absolute atomic E-state index is 12.7. The molecule has 0 bridgehead atoms. The lowest BCUT2D eigenvalue weighted by molar-refractivity contribution is -0.137. The Balaban J connectivity index is 2.76. The minimum absolute atomic E-state index is 0.0400. The number of aromatic nitrogens is 1. The molecule has 3 N–H and O–H groups in total. The molecule has 0 saturated carbocycles. The number of nitrogens with zero attached hydrogens (tertiary/aromatic N) is 1.